The monoisotopic (exact) mass is 376 g/mol. The van der Waals surface area contributed by atoms with Gasteiger partial charge in [-0.1, -0.05) is 38.1 Å². The van der Waals surface area contributed by atoms with Crippen molar-refractivity contribution in [3.05, 3.63) is 59.7 Å². The maximum absolute atomic E-state index is 12.5. The number of rotatable bonds is 9. The number of methoxy groups -OCH3 is 1. The van der Waals surface area contributed by atoms with Crippen molar-refractivity contribution >= 4 is 10.0 Å². The summed E-state index contributed by atoms with van der Waals surface area (Å²) >= 11 is 0. The molecule has 6 heteroatoms. The second-order valence-electron chi connectivity index (χ2n) is 6.11. The standard InChI is InChI=1S/C20H28N2O3S/c1-5-22(6-2)26(23,24)20-12-10-18(11-13-20)16(3)21-15-17-8-7-9-19(14-17)25-4/h7-14,16,21H,5-6,15H2,1-4H3. The second-order valence-corrected chi connectivity index (χ2v) is 8.05. The number of benzene rings is 2. The van der Waals surface area contributed by atoms with Crippen molar-refractivity contribution in [3.8, 4) is 5.75 Å². The predicted octanol–water partition coefficient (Wildman–Crippen LogP) is 3.58. The fourth-order valence-corrected chi connectivity index (χ4v) is 4.27. The molecule has 142 valence electrons. The molecule has 2 aromatic carbocycles. The average molecular weight is 377 g/mol. The van der Waals surface area contributed by atoms with Crippen LogP contribution < -0.4 is 10.1 Å². The van der Waals surface area contributed by atoms with E-state index in [2.05, 4.69) is 12.2 Å². The summed E-state index contributed by atoms with van der Waals surface area (Å²) in [4.78, 5) is 0.338. The van der Waals surface area contributed by atoms with E-state index in [4.69, 9.17) is 4.74 Å². The fourth-order valence-electron chi connectivity index (χ4n) is 2.81. The highest BCUT2D eigenvalue weighted by atomic mass is 32.2. The Morgan fingerprint density at radius 1 is 1.08 bits per heavy atom. The molecule has 26 heavy (non-hydrogen) atoms. The second kappa shape index (κ2) is 9.16. The van der Waals surface area contributed by atoms with Gasteiger partial charge < -0.3 is 10.1 Å². The highest BCUT2D eigenvalue weighted by molar-refractivity contribution is 7.89. The summed E-state index contributed by atoms with van der Waals surface area (Å²) < 4.78 is 31.8. The first-order valence-corrected chi connectivity index (χ1v) is 10.3. The highest BCUT2D eigenvalue weighted by Crippen LogP contribution is 2.20. The van der Waals surface area contributed by atoms with E-state index in [1.165, 1.54) is 4.31 Å². The van der Waals surface area contributed by atoms with E-state index in [1.807, 2.05) is 50.2 Å². The van der Waals surface area contributed by atoms with Crippen LogP contribution in [0.3, 0.4) is 0 Å². The van der Waals surface area contributed by atoms with Gasteiger partial charge in [0.1, 0.15) is 5.75 Å². The first-order chi connectivity index (χ1) is 12.4. The number of nitrogens with one attached hydrogen (secondary N) is 1. The highest BCUT2D eigenvalue weighted by Gasteiger charge is 2.21. The Hall–Kier alpha value is -1.89. The smallest absolute Gasteiger partial charge is 0.243 e. The van der Waals surface area contributed by atoms with Crippen LogP contribution in [0.4, 0.5) is 0 Å². The number of hydrogen-bond donors (Lipinski definition) is 1. The third-order valence-electron chi connectivity index (χ3n) is 4.47. The molecule has 0 heterocycles. The molecule has 2 rings (SSSR count). The van der Waals surface area contributed by atoms with Crippen LogP contribution in [0.5, 0.6) is 5.75 Å². The minimum atomic E-state index is -3.41. The van der Waals surface area contributed by atoms with Crippen molar-refractivity contribution in [2.75, 3.05) is 20.2 Å². The molecule has 1 atom stereocenters. The summed E-state index contributed by atoms with van der Waals surface area (Å²) in [6.45, 7) is 7.41. The van der Waals surface area contributed by atoms with E-state index in [9.17, 15) is 8.42 Å². The summed E-state index contributed by atoms with van der Waals surface area (Å²) in [6.07, 6.45) is 0. The van der Waals surface area contributed by atoms with Crippen molar-refractivity contribution in [2.24, 2.45) is 0 Å². The number of nitrogens with zero attached hydrogens (tertiary/aromatic N) is 1. The molecule has 0 bridgehead atoms. The van der Waals surface area contributed by atoms with E-state index in [0.29, 0.717) is 24.5 Å². The summed E-state index contributed by atoms with van der Waals surface area (Å²) in [5.74, 6) is 0.836. The lowest BCUT2D eigenvalue weighted by atomic mass is 10.1. The topological polar surface area (TPSA) is 58.6 Å². The van der Waals surface area contributed by atoms with Gasteiger partial charge in [0.05, 0.1) is 12.0 Å². The molecule has 0 radical (unpaired) electrons. The van der Waals surface area contributed by atoms with Crippen LogP contribution in [-0.2, 0) is 16.6 Å². The minimum Gasteiger partial charge on any atom is -0.497 e. The molecule has 0 aliphatic heterocycles. The Morgan fingerprint density at radius 3 is 2.31 bits per heavy atom. The maximum Gasteiger partial charge on any atom is 0.243 e. The molecule has 0 spiro atoms. The Labute approximate surface area is 157 Å². The maximum atomic E-state index is 12.5. The lowest BCUT2D eigenvalue weighted by Crippen LogP contribution is -2.30. The van der Waals surface area contributed by atoms with Gasteiger partial charge in [-0.3, -0.25) is 0 Å². The van der Waals surface area contributed by atoms with E-state index in [-0.39, 0.29) is 6.04 Å². The lowest BCUT2D eigenvalue weighted by molar-refractivity contribution is 0.414. The van der Waals surface area contributed by atoms with Gasteiger partial charge in [-0.05, 0) is 42.3 Å². The van der Waals surface area contributed by atoms with Gasteiger partial charge in [0, 0.05) is 25.7 Å². The van der Waals surface area contributed by atoms with Crippen molar-refractivity contribution < 1.29 is 13.2 Å². The summed E-state index contributed by atoms with van der Waals surface area (Å²) in [5, 5.41) is 3.45. The van der Waals surface area contributed by atoms with Crippen molar-refractivity contribution in [3.63, 3.8) is 0 Å². The quantitative estimate of drug-likeness (QED) is 0.727. The molecule has 1 unspecified atom stereocenters. The third-order valence-corrected chi connectivity index (χ3v) is 6.53. The van der Waals surface area contributed by atoms with Crippen LogP contribution in [0.15, 0.2) is 53.4 Å². The molecule has 1 N–H and O–H groups in total. The zero-order valence-corrected chi connectivity index (χ0v) is 16.7. The van der Waals surface area contributed by atoms with Crippen molar-refractivity contribution in [2.45, 2.75) is 38.3 Å². The van der Waals surface area contributed by atoms with Gasteiger partial charge in [-0.25, -0.2) is 8.42 Å². The number of sulfonamides is 1. The largest absolute Gasteiger partial charge is 0.497 e. The summed E-state index contributed by atoms with van der Waals surface area (Å²) in [5.41, 5.74) is 2.18. The van der Waals surface area contributed by atoms with Gasteiger partial charge in [-0.15, -0.1) is 0 Å². The first kappa shape index (κ1) is 20.4. The van der Waals surface area contributed by atoms with Crippen LogP contribution in [-0.4, -0.2) is 32.9 Å². The van der Waals surface area contributed by atoms with Crippen LogP contribution in [0.1, 0.15) is 37.9 Å². The van der Waals surface area contributed by atoms with E-state index >= 15 is 0 Å². The lowest BCUT2D eigenvalue weighted by Gasteiger charge is -2.19. The predicted molar refractivity (Wildman–Crippen MR) is 105 cm³/mol. The molecule has 0 saturated carbocycles. The third kappa shape index (κ3) is 4.84. The van der Waals surface area contributed by atoms with Gasteiger partial charge in [0.2, 0.25) is 10.0 Å². The SMILES string of the molecule is CCN(CC)S(=O)(=O)c1ccc(C(C)NCc2cccc(OC)c2)cc1. The molecule has 0 aliphatic carbocycles. The molecule has 0 aliphatic rings. The number of ether oxygens (including phenoxy) is 1. The van der Waals surface area contributed by atoms with Gasteiger partial charge in [0.25, 0.3) is 0 Å². The molecular formula is C20H28N2O3S. The molecule has 5 nitrogen and oxygen atoms in total. The zero-order chi connectivity index (χ0) is 19.2. The molecule has 2 aromatic rings. The normalized spacial score (nSPS) is 13.0. The van der Waals surface area contributed by atoms with Crippen LogP contribution in [0, 0.1) is 0 Å². The van der Waals surface area contributed by atoms with Crippen molar-refractivity contribution in [1.82, 2.24) is 9.62 Å². The van der Waals surface area contributed by atoms with Gasteiger partial charge >= 0.3 is 0 Å². The first-order valence-electron chi connectivity index (χ1n) is 8.88. The Morgan fingerprint density at radius 2 is 1.73 bits per heavy atom. The minimum absolute atomic E-state index is 0.103. The summed E-state index contributed by atoms with van der Waals surface area (Å²) in [7, 11) is -1.75. The number of hydrogen-bond acceptors (Lipinski definition) is 4. The molecular weight excluding hydrogens is 348 g/mol. The average Bonchev–Trinajstić information content (AvgIpc) is 2.67. The summed E-state index contributed by atoms with van der Waals surface area (Å²) in [6, 6.07) is 15.2. The van der Waals surface area contributed by atoms with Crippen LogP contribution in [0.2, 0.25) is 0 Å². The molecule has 0 aromatic heterocycles. The Balaban J connectivity index is 2.05. The fraction of sp³-hybridized carbons (Fsp3) is 0.400. The molecule has 0 saturated heterocycles. The van der Waals surface area contributed by atoms with Gasteiger partial charge in [0.15, 0.2) is 0 Å². The van der Waals surface area contributed by atoms with Gasteiger partial charge in [-0.2, -0.15) is 4.31 Å². The van der Waals surface area contributed by atoms with Crippen LogP contribution >= 0.6 is 0 Å². The van der Waals surface area contributed by atoms with Crippen LogP contribution in [0.25, 0.3) is 0 Å². The Kier molecular flexibility index (Phi) is 7.20. The Bertz CT molecular complexity index is 800. The molecule has 0 amide bonds. The van der Waals surface area contributed by atoms with E-state index in [0.717, 1.165) is 16.9 Å². The van der Waals surface area contributed by atoms with E-state index in [1.54, 1.807) is 19.2 Å². The molecule has 0 fully saturated rings. The zero-order valence-electron chi connectivity index (χ0n) is 15.9. The van der Waals surface area contributed by atoms with Crippen molar-refractivity contribution in [1.29, 1.82) is 0 Å². The van der Waals surface area contributed by atoms with E-state index < -0.39 is 10.0 Å².